The van der Waals surface area contributed by atoms with Crippen LogP contribution in [-0.4, -0.2) is 32.2 Å². The summed E-state index contributed by atoms with van der Waals surface area (Å²) >= 11 is 0. The summed E-state index contributed by atoms with van der Waals surface area (Å²) in [6.45, 7) is 0. The first-order valence-electron chi connectivity index (χ1n) is 4.01. The zero-order valence-corrected chi connectivity index (χ0v) is 8.20. The van der Waals surface area contributed by atoms with Gasteiger partial charge in [-0.15, -0.1) is 0 Å². The van der Waals surface area contributed by atoms with E-state index in [2.05, 4.69) is 20.8 Å². The fourth-order valence-corrected chi connectivity index (χ4v) is 0.856. The molecule has 5 nitrogen and oxygen atoms in total. The molecule has 0 aromatic carbocycles. The second-order valence-electron chi connectivity index (χ2n) is 2.48. The van der Waals surface area contributed by atoms with Crippen molar-refractivity contribution >= 4 is 11.9 Å². The summed E-state index contributed by atoms with van der Waals surface area (Å²) in [6, 6.07) is 1.46. The van der Waals surface area contributed by atoms with E-state index in [1.165, 1.54) is 14.2 Å². The molecule has 5 heteroatoms. The van der Waals surface area contributed by atoms with Gasteiger partial charge in [-0.1, -0.05) is 6.42 Å². The molecule has 0 radical (unpaired) electrons. The van der Waals surface area contributed by atoms with Gasteiger partial charge >= 0.3 is 11.9 Å². The number of carbonyl (C=O) groups excluding carboxylic acids is 2. The van der Waals surface area contributed by atoms with Crippen LogP contribution < -0.4 is 5.32 Å². The lowest BCUT2D eigenvalue weighted by molar-refractivity contribution is -0.144. The van der Waals surface area contributed by atoms with Crippen LogP contribution in [0.25, 0.3) is 0 Å². The van der Waals surface area contributed by atoms with Crippen molar-refractivity contribution < 1.29 is 19.1 Å². The molecule has 1 N–H and O–H groups in total. The van der Waals surface area contributed by atoms with E-state index < -0.39 is 18.0 Å². The van der Waals surface area contributed by atoms with Crippen molar-refractivity contribution in [2.75, 3.05) is 14.2 Å². The molecule has 0 aliphatic rings. The van der Waals surface area contributed by atoms with Crippen molar-refractivity contribution in [2.45, 2.75) is 18.9 Å². The zero-order chi connectivity index (χ0) is 11.0. The van der Waals surface area contributed by atoms with E-state index in [0.717, 1.165) is 0 Å². The first kappa shape index (κ1) is 12.3. The number of ether oxygens (including phenoxy) is 2. The Kier molecular flexibility index (Phi) is 5.95. The first-order chi connectivity index (χ1) is 6.65. The molecule has 0 unspecified atom stereocenters. The molecule has 0 bridgehead atoms. The highest BCUT2D eigenvalue weighted by Gasteiger charge is 2.18. The van der Waals surface area contributed by atoms with Gasteiger partial charge in [0.15, 0.2) is 0 Å². The van der Waals surface area contributed by atoms with Crippen LogP contribution in [-0.2, 0) is 19.1 Å². The van der Waals surface area contributed by atoms with Gasteiger partial charge in [0.2, 0.25) is 0 Å². The molecule has 0 aromatic heterocycles. The van der Waals surface area contributed by atoms with Gasteiger partial charge in [-0.2, -0.15) is 0 Å². The number of rotatable bonds is 5. The molecule has 0 aliphatic carbocycles. The molecular formula is C9H13NO4. The van der Waals surface area contributed by atoms with E-state index in [0.29, 0.717) is 0 Å². The largest absolute Gasteiger partial charge is 0.469 e. The molecule has 0 aliphatic heterocycles. The van der Waals surface area contributed by atoms with Gasteiger partial charge in [0.05, 0.1) is 14.2 Å². The minimum Gasteiger partial charge on any atom is -0.469 e. The molecule has 0 saturated carbocycles. The van der Waals surface area contributed by atoms with E-state index in [9.17, 15) is 9.59 Å². The van der Waals surface area contributed by atoms with Crippen molar-refractivity contribution in [1.29, 1.82) is 0 Å². The summed E-state index contributed by atoms with van der Waals surface area (Å²) in [4.78, 5) is 21.8. The summed E-state index contributed by atoms with van der Waals surface area (Å²) in [5.41, 5.74) is 0. The standard InChI is InChI=1S/C9H13NO4/c1-4-10-7(9(12)14-3)5-6-8(11)13-2/h1,7,10H,5-6H2,2-3H3/t7-/m0/s1. The first-order valence-corrected chi connectivity index (χ1v) is 4.01. The van der Waals surface area contributed by atoms with Crippen LogP contribution in [0.3, 0.4) is 0 Å². The average Bonchev–Trinajstić information content (AvgIpc) is 2.22. The van der Waals surface area contributed by atoms with Gasteiger partial charge in [-0.3, -0.25) is 4.79 Å². The van der Waals surface area contributed by atoms with E-state index in [4.69, 9.17) is 6.42 Å². The Balaban J connectivity index is 4.04. The molecule has 0 heterocycles. The third-order valence-corrected chi connectivity index (χ3v) is 1.61. The van der Waals surface area contributed by atoms with Crippen molar-refractivity contribution in [3.63, 3.8) is 0 Å². The maximum absolute atomic E-state index is 11.1. The van der Waals surface area contributed by atoms with Crippen LogP contribution >= 0.6 is 0 Å². The van der Waals surface area contributed by atoms with Crippen LogP contribution in [0.2, 0.25) is 0 Å². The molecule has 1 atom stereocenters. The van der Waals surface area contributed by atoms with Gasteiger partial charge < -0.3 is 14.8 Å². The summed E-state index contributed by atoms with van der Waals surface area (Å²) in [7, 11) is 2.54. The third-order valence-electron chi connectivity index (χ3n) is 1.61. The molecule has 0 spiro atoms. The second-order valence-corrected chi connectivity index (χ2v) is 2.48. The number of methoxy groups -OCH3 is 2. The van der Waals surface area contributed by atoms with Crippen LogP contribution in [0.5, 0.6) is 0 Å². The average molecular weight is 199 g/mol. The Morgan fingerprint density at radius 1 is 1.43 bits per heavy atom. The molecule has 14 heavy (non-hydrogen) atoms. The minimum atomic E-state index is -0.663. The maximum Gasteiger partial charge on any atom is 0.328 e. The predicted octanol–water partition coefficient (Wildman–Crippen LogP) is -0.339. The normalized spacial score (nSPS) is 10.9. The minimum absolute atomic E-state index is 0.116. The molecule has 0 fully saturated rings. The molecular weight excluding hydrogens is 186 g/mol. The van der Waals surface area contributed by atoms with Crippen LogP contribution in [0.4, 0.5) is 0 Å². The fraction of sp³-hybridized carbons (Fsp3) is 0.556. The van der Waals surface area contributed by atoms with Crippen LogP contribution in [0.1, 0.15) is 12.8 Å². The van der Waals surface area contributed by atoms with Crippen molar-refractivity contribution in [3.8, 4) is 12.5 Å². The topological polar surface area (TPSA) is 64.6 Å². The van der Waals surface area contributed by atoms with Gasteiger partial charge in [-0.25, -0.2) is 4.79 Å². The highest BCUT2D eigenvalue weighted by molar-refractivity contribution is 5.77. The number of esters is 2. The highest BCUT2D eigenvalue weighted by atomic mass is 16.5. The smallest absolute Gasteiger partial charge is 0.328 e. The molecule has 0 saturated heterocycles. The predicted molar refractivity (Wildman–Crippen MR) is 49.0 cm³/mol. The van der Waals surface area contributed by atoms with Crippen molar-refractivity contribution in [1.82, 2.24) is 5.32 Å². The lowest BCUT2D eigenvalue weighted by Gasteiger charge is -2.12. The van der Waals surface area contributed by atoms with Gasteiger partial charge in [0.1, 0.15) is 6.04 Å². The third kappa shape index (κ3) is 4.36. The molecule has 0 rings (SSSR count). The Morgan fingerprint density at radius 3 is 2.50 bits per heavy atom. The molecule has 78 valence electrons. The quantitative estimate of drug-likeness (QED) is 0.373. The number of carbonyl (C=O) groups is 2. The van der Waals surface area contributed by atoms with Crippen LogP contribution in [0.15, 0.2) is 0 Å². The number of terminal acetylenes is 1. The highest BCUT2D eigenvalue weighted by Crippen LogP contribution is 2.00. The summed E-state index contributed by atoms with van der Waals surface area (Å²) in [5, 5.41) is 2.46. The Hall–Kier alpha value is -1.70. The summed E-state index contributed by atoms with van der Waals surface area (Å²) < 4.78 is 8.90. The van der Waals surface area contributed by atoms with Crippen molar-refractivity contribution in [2.24, 2.45) is 0 Å². The van der Waals surface area contributed by atoms with Crippen molar-refractivity contribution in [3.05, 3.63) is 0 Å². The second kappa shape index (κ2) is 6.78. The van der Waals surface area contributed by atoms with E-state index in [1.807, 2.05) is 0 Å². The SMILES string of the molecule is C#CN[C@@H](CCC(=O)OC)C(=O)OC. The molecule has 0 aromatic rings. The number of hydrogen-bond acceptors (Lipinski definition) is 5. The number of nitrogens with one attached hydrogen (secondary N) is 1. The van der Waals surface area contributed by atoms with Gasteiger partial charge in [0.25, 0.3) is 0 Å². The monoisotopic (exact) mass is 199 g/mol. The Labute approximate surface area is 82.8 Å². The zero-order valence-electron chi connectivity index (χ0n) is 8.20. The van der Waals surface area contributed by atoms with E-state index in [1.54, 1.807) is 0 Å². The summed E-state index contributed by atoms with van der Waals surface area (Å²) in [5.74, 6) is -0.885. The van der Waals surface area contributed by atoms with E-state index in [-0.39, 0.29) is 12.8 Å². The van der Waals surface area contributed by atoms with Crippen LogP contribution in [0, 0.1) is 12.5 Å². The maximum atomic E-state index is 11.1. The Bertz CT molecular complexity index is 244. The van der Waals surface area contributed by atoms with Gasteiger partial charge in [-0.05, 0) is 6.42 Å². The number of hydrogen-bond donors (Lipinski definition) is 1. The van der Waals surface area contributed by atoms with E-state index >= 15 is 0 Å². The lowest BCUT2D eigenvalue weighted by atomic mass is 10.1. The Morgan fingerprint density at radius 2 is 2.07 bits per heavy atom. The summed E-state index contributed by atoms with van der Waals surface area (Å²) in [6.07, 6.45) is 5.35. The molecule has 0 amide bonds. The fourth-order valence-electron chi connectivity index (χ4n) is 0.856. The van der Waals surface area contributed by atoms with Gasteiger partial charge in [0, 0.05) is 12.5 Å². The lowest BCUT2D eigenvalue weighted by Crippen LogP contribution is -2.35.